The molecule has 0 amide bonds. The fourth-order valence-electron chi connectivity index (χ4n) is 1.37. The molecule has 82 valence electrons. The second-order valence-electron chi connectivity index (χ2n) is 5.03. The number of carbonyl (C=O) groups excluding carboxylic acids is 1. The van der Waals surface area contributed by atoms with Gasteiger partial charge in [0.05, 0.1) is 6.10 Å². The summed E-state index contributed by atoms with van der Waals surface area (Å²) in [5, 5.41) is 9.53. The number of esters is 1. The molecule has 0 heterocycles. The molecule has 1 rings (SSSR count). The van der Waals surface area contributed by atoms with Crippen molar-refractivity contribution in [2.45, 2.75) is 58.2 Å². The molecule has 1 aliphatic carbocycles. The Morgan fingerprint density at radius 3 is 2.50 bits per heavy atom. The summed E-state index contributed by atoms with van der Waals surface area (Å²) in [6, 6.07) is 0. The summed E-state index contributed by atoms with van der Waals surface area (Å²) < 4.78 is 5.14. The van der Waals surface area contributed by atoms with E-state index in [1.54, 1.807) is 0 Å². The molecule has 0 radical (unpaired) electrons. The first-order chi connectivity index (χ1) is 6.38. The van der Waals surface area contributed by atoms with Crippen molar-refractivity contribution < 1.29 is 14.6 Å². The Bertz CT molecular complexity index is 201. The molecule has 3 heteroatoms. The molecule has 0 bridgehead atoms. The van der Waals surface area contributed by atoms with Crippen LogP contribution < -0.4 is 0 Å². The monoisotopic (exact) mass is 200 g/mol. The van der Waals surface area contributed by atoms with Crippen molar-refractivity contribution in [1.29, 1.82) is 0 Å². The van der Waals surface area contributed by atoms with E-state index in [-0.39, 0.29) is 12.1 Å². The van der Waals surface area contributed by atoms with Gasteiger partial charge < -0.3 is 9.84 Å². The van der Waals surface area contributed by atoms with Gasteiger partial charge in [-0.2, -0.15) is 0 Å². The van der Waals surface area contributed by atoms with Crippen molar-refractivity contribution in [3.05, 3.63) is 0 Å². The van der Waals surface area contributed by atoms with E-state index in [2.05, 4.69) is 0 Å². The SMILES string of the molecule is CC(C)(C)OC(=O)CCC(O)C1CC1. The molecule has 14 heavy (non-hydrogen) atoms. The van der Waals surface area contributed by atoms with Crippen molar-refractivity contribution in [3.63, 3.8) is 0 Å². The summed E-state index contributed by atoms with van der Waals surface area (Å²) in [5.41, 5.74) is -0.415. The van der Waals surface area contributed by atoms with E-state index in [0.717, 1.165) is 12.8 Å². The highest BCUT2D eigenvalue weighted by Gasteiger charge is 2.30. The first-order valence-corrected chi connectivity index (χ1v) is 5.28. The number of rotatable bonds is 4. The van der Waals surface area contributed by atoms with E-state index < -0.39 is 5.60 Å². The van der Waals surface area contributed by atoms with Crippen molar-refractivity contribution in [1.82, 2.24) is 0 Å². The molecule has 0 aromatic carbocycles. The zero-order chi connectivity index (χ0) is 10.8. The van der Waals surface area contributed by atoms with E-state index in [0.29, 0.717) is 18.8 Å². The number of hydrogen-bond donors (Lipinski definition) is 1. The Morgan fingerprint density at radius 2 is 2.07 bits per heavy atom. The summed E-state index contributed by atoms with van der Waals surface area (Å²) in [7, 11) is 0. The van der Waals surface area contributed by atoms with E-state index >= 15 is 0 Å². The number of carbonyl (C=O) groups is 1. The van der Waals surface area contributed by atoms with Gasteiger partial charge in [-0.05, 0) is 46.0 Å². The van der Waals surface area contributed by atoms with Crippen LogP contribution in [0, 0.1) is 5.92 Å². The Kier molecular flexibility index (Phi) is 3.53. The second kappa shape index (κ2) is 4.30. The van der Waals surface area contributed by atoms with Crippen LogP contribution in [0.2, 0.25) is 0 Å². The van der Waals surface area contributed by atoms with Crippen molar-refractivity contribution in [2.24, 2.45) is 5.92 Å². The lowest BCUT2D eigenvalue weighted by atomic mass is 10.1. The minimum atomic E-state index is -0.415. The molecule has 0 spiro atoms. The Hall–Kier alpha value is -0.570. The normalized spacial score (nSPS) is 19.1. The summed E-state index contributed by atoms with van der Waals surface area (Å²) in [5.74, 6) is 0.231. The van der Waals surface area contributed by atoms with Crippen LogP contribution in [0.15, 0.2) is 0 Å². The highest BCUT2D eigenvalue weighted by Crippen LogP contribution is 2.34. The van der Waals surface area contributed by atoms with Crippen LogP contribution in [0.4, 0.5) is 0 Å². The molecule has 0 saturated heterocycles. The largest absolute Gasteiger partial charge is 0.460 e. The van der Waals surface area contributed by atoms with Crippen molar-refractivity contribution >= 4 is 5.97 Å². The number of aliphatic hydroxyl groups is 1. The average Bonchev–Trinajstić information content (AvgIpc) is 2.78. The van der Waals surface area contributed by atoms with Crippen LogP contribution in [0.25, 0.3) is 0 Å². The summed E-state index contributed by atoms with van der Waals surface area (Å²) in [4.78, 5) is 11.3. The maximum absolute atomic E-state index is 11.3. The molecular formula is C11H20O3. The van der Waals surface area contributed by atoms with Gasteiger partial charge >= 0.3 is 5.97 Å². The minimum absolute atomic E-state index is 0.211. The van der Waals surface area contributed by atoms with E-state index in [9.17, 15) is 9.90 Å². The van der Waals surface area contributed by atoms with E-state index in [1.165, 1.54) is 0 Å². The minimum Gasteiger partial charge on any atom is -0.460 e. The summed E-state index contributed by atoms with van der Waals surface area (Å²) in [6.07, 6.45) is 2.78. The molecule has 1 N–H and O–H groups in total. The Labute approximate surface area is 85.5 Å². The fourth-order valence-corrected chi connectivity index (χ4v) is 1.37. The fraction of sp³-hybridized carbons (Fsp3) is 0.909. The van der Waals surface area contributed by atoms with Crippen molar-refractivity contribution in [3.8, 4) is 0 Å². The molecular weight excluding hydrogens is 180 g/mol. The molecule has 3 nitrogen and oxygen atoms in total. The number of ether oxygens (including phenoxy) is 1. The first kappa shape index (κ1) is 11.5. The maximum atomic E-state index is 11.3. The number of hydrogen-bond acceptors (Lipinski definition) is 3. The molecule has 1 saturated carbocycles. The third-order valence-corrected chi connectivity index (χ3v) is 2.23. The van der Waals surface area contributed by atoms with Crippen LogP contribution >= 0.6 is 0 Å². The topological polar surface area (TPSA) is 46.5 Å². The quantitative estimate of drug-likeness (QED) is 0.705. The molecule has 1 unspecified atom stereocenters. The number of aliphatic hydroxyl groups excluding tert-OH is 1. The molecule has 1 fully saturated rings. The third kappa shape index (κ3) is 4.61. The van der Waals surface area contributed by atoms with Crippen LogP contribution in [-0.2, 0) is 9.53 Å². The predicted molar refractivity (Wildman–Crippen MR) is 53.8 cm³/mol. The summed E-state index contributed by atoms with van der Waals surface area (Å²) in [6.45, 7) is 5.55. The third-order valence-electron chi connectivity index (χ3n) is 2.23. The van der Waals surface area contributed by atoms with Gasteiger partial charge in [0.25, 0.3) is 0 Å². The zero-order valence-electron chi connectivity index (χ0n) is 9.25. The Morgan fingerprint density at radius 1 is 1.50 bits per heavy atom. The highest BCUT2D eigenvalue weighted by atomic mass is 16.6. The molecule has 0 aromatic rings. The zero-order valence-corrected chi connectivity index (χ0v) is 9.25. The van der Waals surface area contributed by atoms with Gasteiger partial charge in [-0.1, -0.05) is 0 Å². The van der Waals surface area contributed by atoms with E-state index in [4.69, 9.17) is 4.74 Å². The molecule has 0 aromatic heterocycles. The lowest BCUT2D eigenvalue weighted by Crippen LogP contribution is -2.24. The maximum Gasteiger partial charge on any atom is 0.306 e. The predicted octanol–water partition coefficient (Wildman–Crippen LogP) is 1.88. The van der Waals surface area contributed by atoms with Crippen LogP contribution in [-0.4, -0.2) is 22.8 Å². The van der Waals surface area contributed by atoms with Crippen molar-refractivity contribution in [2.75, 3.05) is 0 Å². The van der Waals surface area contributed by atoms with Gasteiger partial charge in [0.15, 0.2) is 0 Å². The van der Waals surface area contributed by atoms with Crippen LogP contribution in [0.1, 0.15) is 46.5 Å². The molecule has 0 aliphatic heterocycles. The smallest absolute Gasteiger partial charge is 0.306 e. The van der Waals surface area contributed by atoms with Gasteiger partial charge in [-0.15, -0.1) is 0 Å². The van der Waals surface area contributed by atoms with Crippen LogP contribution in [0.3, 0.4) is 0 Å². The first-order valence-electron chi connectivity index (χ1n) is 5.28. The lowest BCUT2D eigenvalue weighted by molar-refractivity contribution is -0.155. The average molecular weight is 200 g/mol. The Balaban J connectivity index is 2.14. The molecule has 1 atom stereocenters. The lowest BCUT2D eigenvalue weighted by Gasteiger charge is -2.19. The van der Waals surface area contributed by atoms with Gasteiger partial charge in [-0.25, -0.2) is 0 Å². The summed E-state index contributed by atoms with van der Waals surface area (Å²) >= 11 is 0. The second-order valence-corrected chi connectivity index (χ2v) is 5.03. The van der Waals surface area contributed by atoms with Gasteiger partial charge in [0.2, 0.25) is 0 Å². The standard InChI is InChI=1S/C11H20O3/c1-11(2,3)14-10(13)7-6-9(12)8-4-5-8/h8-9,12H,4-7H2,1-3H3. The van der Waals surface area contributed by atoms with Gasteiger partial charge in [0, 0.05) is 6.42 Å². The van der Waals surface area contributed by atoms with Gasteiger partial charge in [0.1, 0.15) is 5.60 Å². The molecule has 1 aliphatic rings. The van der Waals surface area contributed by atoms with E-state index in [1.807, 2.05) is 20.8 Å². The highest BCUT2D eigenvalue weighted by molar-refractivity contribution is 5.69. The van der Waals surface area contributed by atoms with Crippen LogP contribution in [0.5, 0.6) is 0 Å². The van der Waals surface area contributed by atoms with Gasteiger partial charge in [-0.3, -0.25) is 4.79 Å².